The fraction of sp³-hybridized carbons (Fsp3) is 0.250. The third-order valence-electron chi connectivity index (χ3n) is 2.84. The van der Waals surface area contributed by atoms with Crippen LogP contribution in [0.15, 0.2) is 60.7 Å². The van der Waals surface area contributed by atoms with Gasteiger partial charge in [0.2, 0.25) is 0 Å². The molecule has 1 fully saturated rings. The van der Waals surface area contributed by atoms with Crippen molar-refractivity contribution in [3.8, 4) is 11.1 Å². The van der Waals surface area contributed by atoms with Crippen LogP contribution in [0.4, 0.5) is 0 Å². The van der Waals surface area contributed by atoms with Crippen LogP contribution in [-0.4, -0.2) is 26.2 Å². The maximum Gasteiger partial charge on any atom is 0.00772 e. The number of benzene rings is 2. The maximum absolute atomic E-state index is 3.22. The molecule has 1 aliphatic rings. The summed E-state index contributed by atoms with van der Waals surface area (Å²) in [6, 6.07) is 20.8. The second kappa shape index (κ2) is 9.56. The summed E-state index contributed by atoms with van der Waals surface area (Å²) in [6.45, 7) is 4.56. The predicted molar refractivity (Wildman–Crippen MR) is 84.9 cm³/mol. The van der Waals surface area contributed by atoms with E-state index >= 15 is 0 Å². The van der Waals surface area contributed by atoms with Crippen LogP contribution < -0.4 is 10.6 Å². The zero-order valence-corrected chi connectivity index (χ0v) is 11.8. The van der Waals surface area contributed by atoms with Gasteiger partial charge in [-0.2, -0.15) is 0 Å². The highest BCUT2D eigenvalue weighted by Gasteiger charge is 1.92. The minimum Gasteiger partial charge on any atom is -0.314 e. The van der Waals surface area contributed by atoms with E-state index < -0.39 is 0 Å². The number of hydrogen-bond acceptors (Lipinski definition) is 2. The molecule has 0 radical (unpaired) electrons. The quantitative estimate of drug-likeness (QED) is 0.837. The van der Waals surface area contributed by atoms with Crippen LogP contribution >= 0.6 is 12.4 Å². The van der Waals surface area contributed by atoms with Crippen molar-refractivity contribution >= 4 is 12.4 Å². The largest absolute Gasteiger partial charge is 0.314 e. The topological polar surface area (TPSA) is 24.1 Å². The van der Waals surface area contributed by atoms with Crippen LogP contribution in [0, 0.1) is 0 Å². The van der Waals surface area contributed by atoms with Gasteiger partial charge in [0.05, 0.1) is 0 Å². The summed E-state index contributed by atoms with van der Waals surface area (Å²) >= 11 is 0. The van der Waals surface area contributed by atoms with Crippen molar-refractivity contribution in [2.75, 3.05) is 26.2 Å². The highest BCUT2D eigenvalue weighted by Crippen LogP contribution is 2.17. The second-order valence-corrected chi connectivity index (χ2v) is 4.23. The lowest BCUT2D eigenvalue weighted by atomic mass is 10.1. The first-order valence-corrected chi connectivity index (χ1v) is 6.49. The van der Waals surface area contributed by atoms with E-state index in [4.69, 9.17) is 0 Å². The van der Waals surface area contributed by atoms with Crippen molar-refractivity contribution in [3.63, 3.8) is 0 Å². The maximum atomic E-state index is 3.22. The molecule has 0 aromatic heterocycles. The van der Waals surface area contributed by atoms with E-state index in [1.807, 2.05) is 12.1 Å². The number of piperazine rings is 1. The molecule has 3 heteroatoms. The number of hydrogen-bond donors (Lipinski definition) is 2. The van der Waals surface area contributed by atoms with Crippen LogP contribution in [-0.2, 0) is 0 Å². The van der Waals surface area contributed by atoms with Crippen LogP contribution in [0.25, 0.3) is 11.1 Å². The molecular weight excluding hydrogens is 256 g/mol. The Morgan fingerprint density at radius 2 is 0.842 bits per heavy atom. The highest BCUT2D eigenvalue weighted by molar-refractivity contribution is 5.85. The van der Waals surface area contributed by atoms with Gasteiger partial charge in [0, 0.05) is 26.2 Å². The van der Waals surface area contributed by atoms with Crippen molar-refractivity contribution in [3.05, 3.63) is 60.7 Å². The molecule has 19 heavy (non-hydrogen) atoms. The van der Waals surface area contributed by atoms with Crippen LogP contribution in [0.2, 0.25) is 0 Å². The van der Waals surface area contributed by atoms with E-state index in [-0.39, 0.29) is 12.4 Å². The van der Waals surface area contributed by atoms with Gasteiger partial charge in [0.15, 0.2) is 0 Å². The van der Waals surface area contributed by atoms with E-state index in [1.165, 1.54) is 11.1 Å². The number of rotatable bonds is 1. The standard InChI is InChI=1S/C12H10.C4H10N2.ClH/c1-3-7-11(8-4-1)12-9-5-2-6-10-12;1-2-6-4-3-5-1;/h1-10H;5-6H,1-4H2;1H. The van der Waals surface area contributed by atoms with Crippen LogP contribution in [0.5, 0.6) is 0 Å². The van der Waals surface area contributed by atoms with Gasteiger partial charge in [-0.25, -0.2) is 0 Å². The Labute approximate surface area is 121 Å². The monoisotopic (exact) mass is 276 g/mol. The van der Waals surface area contributed by atoms with Gasteiger partial charge in [-0.05, 0) is 11.1 Å². The lowest BCUT2D eigenvalue weighted by Gasteiger charge is -2.11. The Bertz CT molecular complexity index is 378. The Kier molecular flexibility index (Phi) is 7.91. The Balaban J connectivity index is 0.000000220. The smallest absolute Gasteiger partial charge is 0.00772 e. The summed E-state index contributed by atoms with van der Waals surface area (Å²) in [4.78, 5) is 0. The molecule has 0 bridgehead atoms. The number of halogens is 1. The fourth-order valence-corrected chi connectivity index (χ4v) is 1.86. The molecule has 2 aromatic rings. The minimum absolute atomic E-state index is 0. The van der Waals surface area contributed by atoms with Gasteiger partial charge in [0.25, 0.3) is 0 Å². The first kappa shape index (κ1) is 15.7. The van der Waals surface area contributed by atoms with Gasteiger partial charge in [0.1, 0.15) is 0 Å². The van der Waals surface area contributed by atoms with Gasteiger partial charge in [-0.3, -0.25) is 0 Å². The van der Waals surface area contributed by atoms with Crippen molar-refractivity contribution in [1.82, 2.24) is 10.6 Å². The van der Waals surface area contributed by atoms with Gasteiger partial charge in [-0.15, -0.1) is 12.4 Å². The van der Waals surface area contributed by atoms with E-state index in [2.05, 4.69) is 59.2 Å². The average Bonchev–Trinajstić information content (AvgIpc) is 2.51. The molecule has 0 spiro atoms. The first-order valence-electron chi connectivity index (χ1n) is 6.49. The van der Waals surface area contributed by atoms with E-state index in [0.717, 1.165) is 26.2 Å². The predicted octanol–water partition coefficient (Wildman–Crippen LogP) is 2.95. The normalized spacial score (nSPS) is 13.7. The molecule has 0 aliphatic carbocycles. The van der Waals surface area contributed by atoms with E-state index in [1.54, 1.807) is 0 Å². The minimum atomic E-state index is 0. The van der Waals surface area contributed by atoms with Gasteiger partial charge >= 0.3 is 0 Å². The molecule has 1 aliphatic heterocycles. The SMILES string of the molecule is C1CNCCN1.Cl.c1ccc(-c2ccccc2)cc1. The molecule has 0 atom stereocenters. The summed E-state index contributed by atoms with van der Waals surface area (Å²) in [5.74, 6) is 0. The zero-order valence-electron chi connectivity index (χ0n) is 11.0. The lowest BCUT2D eigenvalue weighted by Crippen LogP contribution is -2.39. The summed E-state index contributed by atoms with van der Waals surface area (Å²) in [7, 11) is 0. The van der Waals surface area contributed by atoms with Crippen LogP contribution in [0.3, 0.4) is 0 Å². The van der Waals surface area contributed by atoms with Gasteiger partial charge < -0.3 is 10.6 Å². The van der Waals surface area contributed by atoms with E-state index in [0.29, 0.717) is 0 Å². The van der Waals surface area contributed by atoms with E-state index in [9.17, 15) is 0 Å². The summed E-state index contributed by atoms with van der Waals surface area (Å²) in [5, 5.41) is 6.44. The fourth-order valence-electron chi connectivity index (χ4n) is 1.86. The molecule has 0 saturated carbocycles. The molecule has 0 unspecified atom stereocenters. The summed E-state index contributed by atoms with van der Waals surface area (Å²) in [6.07, 6.45) is 0. The molecular formula is C16H21ClN2. The van der Waals surface area contributed by atoms with Crippen molar-refractivity contribution in [1.29, 1.82) is 0 Å². The highest BCUT2D eigenvalue weighted by atomic mass is 35.5. The Morgan fingerprint density at radius 3 is 1.11 bits per heavy atom. The number of nitrogens with one attached hydrogen (secondary N) is 2. The third-order valence-corrected chi connectivity index (χ3v) is 2.84. The second-order valence-electron chi connectivity index (χ2n) is 4.23. The Hall–Kier alpha value is -1.35. The summed E-state index contributed by atoms with van der Waals surface area (Å²) in [5.41, 5.74) is 2.55. The van der Waals surface area contributed by atoms with Crippen molar-refractivity contribution in [2.45, 2.75) is 0 Å². The molecule has 1 saturated heterocycles. The molecule has 3 rings (SSSR count). The molecule has 2 N–H and O–H groups in total. The van der Waals surface area contributed by atoms with Gasteiger partial charge in [-0.1, -0.05) is 60.7 Å². The molecule has 0 amide bonds. The molecule has 2 nitrogen and oxygen atoms in total. The molecule has 1 heterocycles. The zero-order chi connectivity index (χ0) is 12.5. The van der Waals surface area contributed by atoms with Crippen molar-refractivity contribution in [2.24, 2.45) is 0 Å². The Morgan fingerprint density at radius 1 is 0.526 bits per heavy atom. The average molecular weight is 277 g/mol. The first-order chi connectivity index (χ1) is 8.97. The summed E-state index contributed by atoms with van der Waals surface area (Å²) < 4.78 is 0. The molecule has 2 aromatic carbocycles. The third kappa shape index (κ3) is 5.88. The lowest BCUT2D eigenvalue weighted by molar-refractivity contribution is 0.534. The van der Waals surface area contributed by atoms with Crippen LogP contribution in [0.1, 0.15) is 0 Å². The van der Waals surface area contributed by atoms with Crippen molar-refractivity contribution < 1.29 is 0 Å². The molecule has 102 valence electrons.